The predicted octanol–water partition coefficient (Wildman–Crippen LogP) is 5.13. The second kappa shape index (κ2) is 9.82. The van der Waals surface area contributed by atoms with E-state index in [1.807, 2.05) is 18.2 Å². The van der Waals surface area contributed by atoms with Gasteiger partial charge in [-0.1, -0.05) is 61.4 Å². The highest BCUT2D eigenvalue weighted by atomic mass is 79.9. The summed E-state index contributed by atoms with van der Waals surface area (Å²) in [5, 5.41) is 0. The van der Waals surface area contributed by atoms with Crippen LogP contribution in [0.1, 0.15) is 58.3 Å². The Morgan fingerprint density at radius 1 is 1.14 bits per heavy atom. The Hall–Kier alpha value is -1.03. The van der Waals surface area contributed by atoms with E-state index in [0.29, 0.717) is 12.1 Å². The standard InChI is InChI=1S/C17H27BrN2O/c1-3-4-5-6-7-8-9-10-17(21)20(2)16-12-11-14(18)13-15(16)19/h11-13H,3-10,19H2,1-2H3. The van der Waals surface area contributed by atoms with E-state index in [9.17, 15) is 4.79 Å². The summed E-state index contributed by atoms with van der Waals surface area (Å²) in [5.41, 5.74) is 7.37. The van der Waals surface area contributed by atoms with Crippen LogP contribution in [0, 0.1) is 0 Å². The minimum atomic E-state index is 0.137. The quantitative estimate of drug-likeness (QED) is 0.493. The van der Waals surface area contributed by atoms with Crippen molar-refractivity contribution >= 4 is 33.2 Å². The molecule has 0 aliphatic carbocycles. The third-order valence-corrected chi connectivity index (χ3v) is 4.21. The molecule has 2 N–H and O–H groups in total. The molecule has 0 atom stereocenters. The second-order valence-corrected chi connectivity index (χ2v) is 6.44. The molecule has 0 unspecified atom stereocenters. The molecule has 0 aromatic heterocycles. The average Bonchev–Trinajstić information content (AvgIpc) is 2.45. The molecule has 4 heteroatoms. The Morgan fingerprint density at radius 2 is 1.76 bits per heavy atom. The summed E-state index contributed by atoms with van der Waals surface area (Å²) in [5.74, 6) is 0.137. The second-order valence-electron chi connectivity index (χ2n) is 5.53. The zero-order valence-corrected chi connectivity index (χ0v) is 14.8. The Kier molecular flexibility index (Phi) is 8.43. The Labute approximate surface area is 137 Å². The van der Waals surface area contributed by atoms with Gasteiger partial charge in [-0.25, -0.2) is 0 Å². The highest BCUT2D eigenvalue weighted by Crippen LogP contribution is 2.26. The fourth-order valence-corrected chi connectivity index (χ4v) is 2.75. The number of unbranched alkanes of at least 4 members (excludes halogenated alkanes) is 6. The maximum atomic E-state index is 12.2. The van der Waals surface area contributed by atoms with Gasteiger partial charge < -0.3 is 10.6 Å². The molecule has 0 fully saturated rings. The summed E-state index contributed by atoms with van der Waals surface area (Å²) in [4.78, 5) is 13.8. The van der Waals surface area contributed by atoms with E-state index >= 15 is 0 Å². The molecular formula is C17H27BrN2O. The van der Waals surface area contributed by atoms with Crippen LogP contribution in [0.25, 0.3) is 0 Å². The number of benzene rings is 1. The van der Waals surface area contributed by atoms with Crippen LogP contribution in [-0.2, 0) is 4.79 Å². The largest absolute Gasteiger partial charge is 0.397 e. The number of hydrogen-bond acceptors (Lipinski definition) is 2. The third kappa shape index (κ3) is 6.51. The van der Waals surface area contributed by atoms with Gasteiger partial charge in [0, 0.05) is 17.9 Å². The van der Waals surface area contributed by atoms with Gasteiger partial charge in [-0.3, -0.25) is 4.79 Å². The lowest BCUT2D eigenvalue weighted by molar-refractivity contribution is -0.118. The molecule has 0 spiro atoms. The number of hydrogen-bond donors (Lipinski definition) is 1. The van der Waals surface area contributed by atoms with Gasteiger partial charge in [0.2, 0.25) is 5.91 Å². The first-order valence-corrected chi connectivity index (χ1v) is 8.67. The lowest BCUT2D eigenvalue weighted by atomic mass is 10.1. The minimum absolute atomic E-state index is 0.137. The maximum absolute atomic E-state index is 12.2. The van der Waals surface area contributed by atoms with Crippen molar-refractivity contribution in [1.29, 1.82) is 0 Å². The van der Waals surface area contributed by atoms with Crippen molar-refractivity contribution in [2.75, 3.05) is 17.7 Å². The lowest BCUT2D eigenvalue weighted by Gasteiger charge is -2.19. The predicted molar refractivity (Wildman–Crippen MR) is 94.6 cm³/mol. The topological polar surface area (TPSA) is 46.3 Å². The molecule has 118 valence electrons. The van der Waals surface area contributed by atoms with Crippen molar-refractivity contribution < 1.29 is 4.79 Å². The molecule has 3 nitrogen and oxygen atoms in total. The smallest absolute Gasteiger partial charge is 0.226 e. The van der Waals surface area contributed by atoms with Crippen molar-refractivity contribution in [2.24, 2.45) is 0 Å². The highest BCUT2D eigenvalue weighted by Gasteiger charge is 2.13. The van der Waals surface area contributed by atoms with E-state index in [2.05, 4.69) is 22.9 Å². The Bertz CT molecular complexity index is 448. The molecule has 0 saturated heterocycles. The molecule has 0 aliphatic rings. The van der Waals surface area contributed by atoms with Gasteiger partial charge >= 0.3 is 0 Å². The fourth-order valence-electron chi connectivity index (χ4n) is 2.37. The van der Waals surface area contributed by atoms with Gasteiger partial charge in [-0.05, 0) is 24.6 Å². The number of nitrogens with two attached hydrogens (primary N) is 1. The number of carbonyl (C=O) groups is 1. The number of halogens is 1. The van der Waals surface area contributed by atoms with E-state index in [0.717, 1.165) is 23.0 Å². The van der Waals surface area contributed by atoms with Crippen molar-refractivity contribution in [3.8, 4) is 0 Å². The first-order valence-electron chi connectivity index (χ1n) is 7.87. The van der Waals surface area contributed by atoms with E-state index in [1.165, 1.54) is 32.1 Å². The summed E-state index contributed by atoms with van der Waals surface area (Å²) < 4.78 is 0.927. The summed E-state index contributed by atoms with van der Waals surface area (Å²) >= 11 is 3.38. The van der Waals surface area contributed by atoms with E-state index < -0.39 is 0 Å². The van der Waals surface area contributed by atoms with Gasteiger partial charge in [0.1, 0.15) is 0 Å². The molecule has 21 heavy (non-hydrogen) atoms. The molecule has 0 saturated carbocycles. The number of nitrogens with zero attached hydrogens (tertiary/aromatic N) is 1. The summed E-state index contributed by atoms with van der Waals surface area (Å²) in [6.07, 6.45) is 9.14. The monoisotopic (exact) mass is 354 g/mol. The number of rotatable bonds is 9. The van der Waals surface area contributed by atoms with Crippen LogP contribution in [0.5, 0.6) is 0 Å². The van der Waals surface area contributed by atoms with Crippen LogP contribution >= 0.6 is 15.9 Å². The van der Waals surface area contributed by atoms with Gasteiger partial charge in [0.05, 0.1) is 11.4 Å². The van der Waals surface area contributed by atoms with Crippen LogP contribution in [0.4, 0.5) is 11.4 Å². The number of nitrogen functional groups attached to an aromatic ring is 1. The van der Waals surface area contributed by atoms with Crippen LogP contribution in [0.15, 0.2) is 22.7 Å². The molecule has 1 rings (SSSR count). The average molecular weight is 355 g/mol. The Balaban J connectivity index is 2.31. The van der Waals surface area contributed by atoms with E-state index in [4.69, 9.17) is 5.73 Å². The zero-order chi connectivity index (χ0) is 15.7. The molecule has 1 aromatic rings. The fraction of sp³-hybridized carbons (Fsp3) is 0.588. The highest BCUT2D eigenvalue weighted by molar-refractivity contribution is 9.10. The first-order chi connectivity index (χ1) is 10.1. The molecular weight excluding hydrogens is 328 g/mol. The van der Waals surface area contributed by atoms with Gasteiger partial charge in [-0.15, -0.1) is 0 Å². The third-order valence-electron chi connectivity index (χ3n) is 3.72. The Morgan fingerprint density at radius 3 is 2.38 bits per heavy atom. The zero-order valence-electron chi connectivity index (χ0n) is 13.2. The molecule has 0 bridgehead atoms. The maximum Gasteiger partial charge on any atom is 0.226 e. The minimum Gasteiger partial charge on any atom is -0.397 e. The molecule has 0 radical (unpaired) electrons. The van der Waals surface area contributed by atoms with Gasteiger partial charge in [0.15, 0.2) is 0 Å². The van der Waals surface area contributed by atoms with Gasteiger partial charge in [0.25, 0.3) is 0 Å². The van der Waals surface area contributed by atoms with Crippen LogP contribution in [0.2, 0.25) is 0 Å². The number of carbonyl (C=O) groups excluding carboxylic acids is 1. The summed E-state index contributed by atoms with van der Waals surface area (Å²) in [6.45, 7) is 2.22. The molecule has 0 aliphatic heterocycles. The first kappa shape index (κ1) is 18.0. The van der Waals surface area contributed by atoms with Crippen molar-refractivity contribution in [3.05, 3.63) is 22.7 Å². The SMILES string of the molecule is CCCCCCCCCC(=O)N(C)c1ccc(Br)cc1N. The van der Waals surface area contributed by atoms with Crippen LogP contribution < -0.4 is 10.6 Å². The van der Waals surface area contributed by atoms with E-state index in [-0.39, 0.29) is 5.91 Å². The van der Waals surface area contributed by atoms with Crippen molar-refractivity contribution in [3.63, 3.8) is 0 Å². The number of amides is 1. The molecule has 1 aromatic carbocycles. The van der Waals surface area contributed by atoms with E-state index in [1.54, 1.807) is 11.9 Å². The van der Waals surface area contributed by atoms with Crippen molar-refractivity contribution in [2.45, 2.75) is 58.3 Å². The van der Waals surface area contributed by atoms with Gasteiger partial charge in [-0.2, -0.15) is 0 Å². The normalized spacial score (nSPS) is 10.6. The summed E-state index contributed by atoms with van der Waals surface area (Å²) in [6, 6.07) is 5.61. The van der Waals surface area contributed by atoms with Crippen LogP contribution in [0.3, 0.4) is 0 Å². The number of anilines is 2. The van der Waals surface area contributed by atoms with Crippen molar-refractivity contribution in [1.82, 2.24) is 0 Å². The lowest BCUT2D eigenvalue weighted by Crippen LogP contribution is -2.26. The summed E-state index contributed by atoms with van der Waals surface area (Å²) in [7, 11) is 1.79. The molecule has 0 heterocycles. The molecule has 1 amide bonds. The van der Waals surface area contributed by atoms with Crippen LogP contribution in [-0.4, -0.2) is 13.0 Å².